The van der Waals surface area contributed by atoms with E-state index in [2.05, 4.69) is 15.4 Å². The van der Waals surface area contributed by atoms with E-state index >= 15 is 0 Å². The van der Waals surface area contributed by atoms with Crippen LogP contribution in [0.4, 0.5) is 5.82 Å². The lowest BCUT2D eigenvalue weighted by molar-refractivity contribution is 0.914. The topological polar surface area (TPSA) is 42.2 Å². The molecule has 20 heavy (non-hydrogen) atoms. The van der Waals surface area contributed by atoms with E-state index in [-0.39, 0.29) is 0 Å². The highest BCUT2D eigenvalue weighted by atomic mass is 35.5. The Morgan fingerprint density at radius 1 is 1.20 bits per heavy atom. The van der Waals surface area contributed by atoms with Gasteiger partial charge in [-0.15, -0.1) is 0 Å². The largest absolute Gasteiger partial charge is 0.373 e. The van der Waals surface area contributed by atoms with E-state index in [1.807, 2.05) is 55.7 Å². The summed E-state index contributed by atoms with van der Waals surface area (Å²) in [6, 6.07) is 9.74. The molecule has 1 N–H and O–H groups in total. The number of halogens is 1. The van der Waals surface area contributed by atoms with Gasteiger partial charge in [0.2, 0.25) is 0 Å². The smallest absolute Gasteiger partial charge is 0.165 e. The second-order valence-electron chi connectivity index (χ2n) is 4.71. The van der Waals surface area contributed by atoms with E-state index < -0.39 is 0 Å². The summed E-state index contributed by atoms with van der Waals surface area (Å²) >= 11 is 6.32. The SMILES string of the molecule is CNc1cc(C)nc2c(-c3ccccc3Cl)c(C)nn12. The van der Waals surface area contributed by atoms with Crippen LogP contribution < -0.4 is 5.32 Å². The first kappa shape index (κ1) is 12.9. The quantitative estimate of drug-likeness (QED) is 0.781. The molecule has 0 saturated carbocycles. The van der Waals surface area contributed by atoms with Crippen LogP contribution in [-0.2, 0) is 0 Å². The number of aryl methyl sites for hydroxylation is 2. The minimum atomic E-state index is 0.708. The predicted octanol–water partition coefficient (Wildman–Crippen LogP) is 3.71. The van der Waals surface area contributed by atoms with Crippen LogP contribution in [0, 0.1) is 13.8 Å². The Kier molecular flexibility index (Phi) is 3.10. The van der Waals surface area contributed by atoms with E-state index in [0.717, 1.165) is 34.0 Å². The first-order valence-corrected chi connectivity index (χ1v) is 6.79. The number of nitrogens with one attached hydrogen (secondary N) is 1. The standard InChI is InChI=1S/C15H15ClN4/c1-9-8-13(17-3)20-15(18-9)14(10(2)19-20)11-6-4-5-7-12(11)16/h4-8,17H,1-3H3. The molecule has 0 saturated heterocycles. The third-order valence-corrected chi connectivity index (χ3v) is 3.62. The molecule has 0 fully saturated rings. The third kappa shape index (κ3) is 1.93. The number of hydrogen-bond acceptors (Lipinski definition) is 3. The number of hydrogen-bond donors (Lipinski definition) is 1. The maximum Gasteiger partial charge on any atom is 0.165 e. The molecular formula is C15H15ClN4. The van der Waals surface area contributed by atoms with Crippen LogP contribution in [0.2, 0.25) is 5.02 Å². The minimum Gasteiger partial charge on any atom is -0.373 e. The van der Waals surface area contributed by atoms with Gasteiger partial charge in [0.1, 0.15) is 5.82 Å². The molecule has 0 aliphatic heterocycles. The summed E-state index contributed by atoms with van der Waals surface area (Å²) in [6.45, 7) is 3.95. The first-order valence-electron chi connectivity index (χ1n) is 6.41. The van der Waals surface area contributed by atoms with Crippen molar-refractivity contribution in [2.24, 2.45) is 0 Å². The number of anilines is 1. The fourth-order valence-corrected chi connectivity index (χ4v) is 2.63. The lowest BCUT2D eigenvalue weighted by atomic mass is 10.1. The molecule has 0 aliphatic rings. The van der Waals surface area contributed by atoms with Crippen LogP contribution in [0.1, 0.15) is 11.4 Å². The van der Waals surface area contributed by atoms with Crippen LogP contribution >= 0.6 is 11.6 Å². The normalized spacial score (nSPS) is 11.0. The summed E-state index contributed by atoms with van der Waals surface area (Å²) in [6.07, 6.45) is 0. The number of aromatic nitrogens is 3. The molecule has 4 nitrogen and oxygen atoms in total. The fraction of sp³-hybridized carbons (Fsp3) is 0.200. The summed E-state index contributed by atoms with van der Waals surface area (Å²) < 4.78 is 1.82. The van der Waals surface area contributed by atoms with Gasteiger partial charge >= 0.3 is 0 Å². The summed E-state index contributed by atoms with van der Waals surface area (Å²) in [5.74, 6) is 0.911. The van der Waals surface area contributed by atoms with Crippen molar-refractivity contribution in [2.75, 3.05) is 12.4 Å². The van der Waals surface area contributed by atoms with Crippen molar-refractivity contribution < 1.29 is 0 Å². The predicted molar refractivity (Wildman–Crippen MR) is 82.5 cm³/mol. The van der Waals surface area contributed by atoms with E-state index in [0.29, 0.717) is 5.02 Å². The molecule has 2 heterocycles. The lowest BCUT2D eigenvalue weighted by Crippen LogP contribution is -2.02. The van der Waals surface area contributed by atoms with E-state index in [1.165, 1.54) is 0 Å². The maximum atomic E-state index is 6.32. The van der Waals surface area contributed by atoms with Crippen molar-refractivity contribution in [2.45, 2.75) is 13.8 Å². The summed E-state index contributed by atoms with van der Waals surface area (Å²) in [7, 11) is 1.88. The Morgan fingerprint density at radius 2 is 1.95 bits per heavy atom. The minimum absolute atomic E-state index is 0.708. The zero-order valence-corrected chi connectivity index (χ0v) is 12.4. The van der Waals surface area contributed by atoms with Gasteiger partial charge in [-0.1, -0.05) is 29.8 Å². The Hall–Kier alpha value is -2.07. The van der Waals surface area contributed by atoms with Gasteiger partial charge < -0.3 is 5.32 Å². The average Bonchev–Trinajstić information content (AvgIpc) is 2.75. The number of benzene rings is 1. The van der Waals surface area contributed by atoms with Gasteiger partial charge in [0, 0.05) is 29.4 Å². The zero-order valence-electron chi connectivity index (χ0n) is 11.6. The lowest BCUT2D eigenvalue weighted by Gasteiger charge is -2.06. The monoisotopic (exact) mass is 286 g/mol. The van der Waals surface area contributed by atoms with Crippen molar-refractivity contribution >= 4 is 23.1 Å². The van der Waals surface area contributed by atoms with Crippen molar-refractivity contribution in [3.63, 3.8) is 0 Å². The van der Waals surface area contributed by atoms with Crippen molar-refractivity contribution in [1.29, 1.82) is 0 Å². The van der Waals surface area contributed by atoms with Crippen molar-refractivity contribution in [1.82, 2.24) is 14.6 Å². The molecular weight excluding hydrogens is 272 g/mol. The average molecular weight is 287 g/mol. The van der Waals surface area contributed by atoms with Crippen LogP contribution in [0.25, 0.3) is 16.8 Å². The zero-order chi connectivity index (χ0) is 14.3. The van der Waals surface area contributed by atoms with Gasteiger partial charge in [-0.05, 0) is 19.9 Å². The van der Waals surface area contributed by atoms with E-state index in [9.17, 15) is 0 Å². The Bertz CT molecular complexity index is 792. The van der Waals surface area contributed by atoms with Crippen LogP contribution in [0.15, 0.2) is 30.3 Å². The molecule has 0 unspecified atom stereocenters. The van der Waals surface area contributed by atoms with Crippen LogP contribution in [0.5, 0.6) is 0 Å². The molecule has 3 rings (SSSR count). The second kappa shape index (κ2) is 4.80. The van der Waals surface area contributed by atoms with Crippen molar-refractivity contribution in [3.05, 3.63) is 46.7 Å². The van der Waals surface area contributed by atoms with Gasteiger partial charge in [0.05, 0.1) is 11.3 Å². The molecule has 0 bridgehead atoms. The van der Waals surface area contributed by atoms with E-state index in [1.54, 1.807) is 0 Å². The Balaban J connectivity index is 2.40. The van der Waals surface area contributed by atoms with Gasteiger partial charge in [-0.3, -0.25) is 0 Å². The molecule has 0 aliphatic carbocycles. The number of fused-ring (bicyclic) bond motifs is 1. The van der Waals surface area contributed by atoms with Gasteiger partial charge in [-0.25, -0.2) is 4.98 Å². The van der Waals surface area contributed by atoms with Gasteiger partial charge in [0.15, 0.2) is 5.65 Å². The molecule has 0 radical (unpaired) electrons. The highest BCUT2D eigenvalue weighted by Gasteiger charge is 2.17. The number of nitrogens with zero attached hydrogens (tertiary/aromatic N) is 3. The molecule has 0 amide bonds. The first-order chi connectivity index (χ1) is 9.61. The van der Waals surface area contributed by atoms with Gasteiger partial charge in [0.25, 0.3) is 0 Å². The molecule has 2 aromatic heterocycles. The molecule has 102 valence electrons. The summed E-state index contributed by atoms with van der Waals surface area (Å²) in [4.78, 5) is 4.62. The molecule has 1 aromatic carbocycles. The molecule has 3 aromatic rings. The fourth-order valence-electron chi connectivity index (χ4n) is 2.40. The van der Waals surface area contributed by atoms with Gasteiger partial charge in [-0.2, -0.15) is 9.61 Å². The highest BCUT2D eigenvalue weighted by molar-refractivity contribution is 6.33. The summed E-state index contributed by atoms with van der Waals surface area (Å²) in [5, 5.41) is 8.43. The van der Waals surface area contributed by atoms with Crippen LogP contribution in [-0.4, -0.2) is 21.6 Å². The molecule has 0 spiro atoms. The Morgan fingerprint density at radius 3 is 2.65 bits per heavy atom. The second-order valence-corrected chi connectivity index (χ2v) is 5.12. The molecule has 5 heteroatoms. The summed E-state index contributed by atoms with van der Waals surface area (Å²) in [5.41, 5.74) is 4.61. The Labute approximate surface area is 122 Å². The third-order valence-electron chi connectivity index (χ3n) is 3.29. The van der Waals surface area contributed by atoms with Crippen LogP contribution in [0.3, 0.4) is 0 Å². The number of rotatable bonds is 2. The molecule has 0 atom stereocenters. The highest BCUT2D eigenvalue weighted by Crippen LogP contribution is 2.33. The van der Waals surface area contributed by atoms with Crippen molar-refractivity contribution in [3.8, 4) is 11.1 Å². The maximum absolute atomic E-state index is 6.32. The van der Waals surface area contributed by atoms with E-state index in [4.69, 9.17) is 11.6 Å².